The Labute approximate surface area is 123 Å². The zero-order valence-corrected chi connectivity index (χ0v) is 12.2. The first-order valence-electron chi connectivity index (χ1n) is 6.28. The van der Waals surface area contributed by atoms with Gasteiger partial charge in [-0.05, 0) is 35.9 Å². The number of nitrogens with one attached hydrogen (secondary N) is 1. The maximum absolute atomic E-state index is 12.5. The van der Waals surface area contributed by atoms with Crippen molar-refractivity contribution in [1.29, 1.82) is 0 Å². The summed E-state index contributed by atoms with van der Waals surface area (Å²) in [6, 6.07) is 7.04. The Balaban J connectivity index is 2.16. The molecule has 1 N–H and O–H groups in total. The predicted octanol–water partition coefficient (Wildman–Crippen LogP) is 3.38. The van der Waals surface area contributed by atoms with Crippen LogP contribution in [0.1, 0.15) is 24.4 Å². The van der Waals surface area contributed by atoms with Crippen molar-refractivity contribution in [3.05, 3.63) is 46.8 Å². The Morgan fingerprint density at radius 3 is 2.58 bits per heavy atom. The number of halogens is 1. The predicted molar refractivity (Wildman–Crippen MR) is 80.9 cm³/mol. The van der Waals surface area contributed by atoms with Crippen LogP contribution < -0.4 is 4.72 Å². The van der Waals surface area contributed by atoms with Crippen LogP contribution in [0.25, 0.3) is 0 Å². The van der Waals surface area contributed by atoms with Gasteiger partial charge in [0.05, 0.1) is 0 Å². The largest absolute Gasteiger partial charge is 0.341 e. The van der Waals surface area contributed by atoms with E-state index in [9.17, 15) is 4.79 Å². The number of carbonyl (C=O) groups is 1. The van der Waals surface area contributed by atoms with E-state index >= 15 is 0 Å². The maximum atomic E-state index is 12.5. The van der Waals surface area contributed by atoms with Gasteiger partial charge >= 0.3 is 0 Å². The summed E-state index contributed by atoms with van der Waals surface area (Å²) < 4.78 is 3.15. The van der Waals surface area contributed by atoms with Crippen LogP contribution in [0.5, 0.6) is 0 Å². The van der Waals surface area contributed by atoms with Gasteiger partial charge in [-0.1, -0.05) is 42.3 Å². The summed E-state index contributed by atoms with van der Waals surface area (Å²) in [6.45, 7) is 5.35. The lowest BCUT2D eigenvalue weighted by molar-refractivity contribution is -0.132. The monoisotopic (exact) mass is 296 g/mol. The van der Waals surface area contributed by atoms with E-state index in [0.717, 1.165) is 31.5 Å². The molecule has 3 nitrogen and oxygen atoms in total. The molecule has 1 unspecified atom stereocenters. The molecule has 102 valence electrons. The fraction of sp³-hybridized carbons (Fsp3) is 0.357. The lowest BCUT2D eigenvalue weighted by Crippen LogP contribution is -2.37. The van der Waals surface area contributed by atoms with E-state index in [1.807, 2.05) is 17.0 Å². The summed E-state index contributed by atoms with van der Waals surface area (Å²) >= 11 is 7.23. The third kappa shape index (κ3) is 3.75. The van der Waals surface area contributed by atoms with E-state index in [2.05, 4.69) is 11.3 Å². The van der Waals surface area contributed by atoms with Crippen LogP contribution in [0.2, 0.25) is 5.02 Å². The topological polar surface area (TPSA) is 32.3 Å². The molecule has 1 aliphatic heterocycles. The third-order valence-electron chi connectivity index (χ3n) is 3.14. The van der Waals surface area contributed by atoms with Crippen molar-refractivity contribution in [3.63, 3.8) is 0 Å². The number of rotatable bonds is 5. The number of nitrogens with zero attached hydrogens (tertiary/aromatic N) is 1. The van der Waals surface area contributed by atoms with Gasteiger partial charge in [-0.25, -0.2) is 4.72 Å². The standard InChI is InChI=1S/C14H17ClN2OS/c1-2-19-16-13(11-5-7-12(15)8-6-11)14(18)17-9-3-4-10-17/h2,5-8,13,16H,1,3-4,9-10H2. The van der Waals surface area contributed by atoms with Gasteiger partial charge in [0.25, 0.3) is 0 Å². The molecule has 0 aromatic heterocycles. The van der Waals surface area contributed by atoms with Crippen molar-refractivity contribution >= 4 is 29.5 Å². The Kier molecular flexibility index (Phi) is 5.31. The highest BCUT2D eigenvalue weighted by molar-refractivity contribution is 8.00. The van der Waals surface area contributed by atoms with Gasteiger partial charge in [-0.2, -0.15) is 0 Å². The summed E-state index contributed by atoms with van der Waals surface area (Å²) in [6.07, 6.45) is 2.18. The molecule has 2 rings (SSSR count). The van der Waals surface area contributed by atoms with Gasteiger partial charge in [-0.15, -0.1) is 0 Å². The van der Waals surface area contributed by atoms with Gasteiger partial charge in [0.2, 0.25) is 5.91 Å². The first kappa shape index (κ1) is 14.4. The molecule has 1 heterocycles. The number of carbonyl (C=O) groups excluding carboxylic acids is 1. The van der Waals surface area contributed by atoms with E-state index in [0.29, 0.717) is 5.02 Å². The minimum atomic E-state index is -0.349. The number of hydrogen-bond acceptors (Lipinski definition) is 3. The second-order valence-electron chi connectivity index (χ2n) is 4.42. The smallest absolute Gasteiger partial charge is 0.245 e. The molecule has 0 spiro atoms. The van der Waals surface area contributed by atoms with Crippen molar-refractivity contribution in [3.8, 4) is 0 Å². The minimum Gasteiger partial charge on any atom is -0.341 e. The summed E-state index contributed by atoms with van der Waals surface area (Å²) in [7, 11) is 0. The molecular formula is C14H17ClN2OS. The highest BCUT2D eigenvalue weighted by atomic mass is 35.5. The van der Waals surface area contributed by atoms with Crippen LogP contribution in [0.4, 0.5) is 0 Å². The average molecular weight is 297 g/mol. The first-order valence-corrected chi connectivity index (χ1v) is 7.54. The molecule has 1 saturated heterocycles. The van der Waals surface area contributed by atoms with Crippen LogP contribution in [0.15, 0.2) is 36.3 Å². The van der Waals surface area contributed by atoms with Gasteiger partial charge in [0.15, 0.2) is 0 Å². The average Bonchev–Trinajstić information content (AvgIpc) is 2.95. The zero-order chi connectivity index (χ0) is 13.7. The number of hydrogen-bond donors (Lipinski definition) is 1. The van der Waals surface area contributed by atoms with Crippen LogP contribution >= 0.6 is 23.5 Å². The van der Waals surface area contributed by atoms with Gasteiger partial charge < -0.3 is 4.90 Å². The minimum absolute atomic E-state index is 0.120. The fourth-order valence-electron chi connectivity index (χ4n) is 2.15. The summed E-state index contributed by atoms with van der Waals surface area (Å²) in [4.78, 5) is 14.4. The summed E-state index contributed by atoms with van der Waals surface area (Å²) in [5.41, 5.74) is 0.927. The van der Waals surface area contributed by atoms with E-state index in [4.69, 9.17) is 11.6 Å². The van der Waals surface area contributed by atoms with E-state index in [1.54, 1.807) is 17.5 Å². The van der Waals surface area contributed by atoms with E-state index < -0.39 is 0 Å². The van der Waals surface area contributed by atoms with Crippen molar-refractivity contribution < 1.29 is 4.79 Å². The number of likely N-dealkylation sites (tertiary alicyclic amines) is 1. The van der Waals surface area contributed by atoms with Crippen molar-refractivity contribution in [2.45, 2.75) is 18.9 Å². The second kappa shape index (κ2) is 6.98. The number of benzene rings is 1. The molecule has 1 aliphatic rings. The molecule has 0 bridgehead atoms. The number of amides is 1. The lowest BCUT2D eigenvalue weighted by atomic mass is 10.1. The van der Waals surface area contributed by atoms with Crippen LogP contribution in [0, 0.1) is 0 Å². The van der Waals surface area contributed by atoms with Crippen LogP contribution in [-0.4, -0.2) is 23.9 Å². The molecular weight excluding hydrogens is 280 g/mol. The van der Waals surface area contributed by atoms with E-state index in [-0.39, 0.29) is 11.9 Å². The molecule has 1 fully saturated rings. The van der Waals surface area contributed by atoms with Crippen molar-refractivity contribution in [2.75, 3.05) is 13.1 Å². The van der Waals surface area contributed by atoms with E-state index in [1.165, 1.54) is 11.9 Å². The Morgan fingerprint density at radius 2 is 2.00 bits per heavy atom. The molecule has 1 atom stereocenters. The highest BCUT2D eigenvalue weighted by Crippen LogP contribution is 2.23. The van der Waals surface area contributed by atoms with Crippen LogP contribution in [0.3, 0.4) is 0 Å². The third-order valence-corrected chi connectivity index (χ3v) is 3.93. The molecule has 1 amide bonds. The Morgan fingerprint density at radius 1 is 1.37 bits per heavy atom. The fourth-order valence-corrected chi connectivity index (χ4v) is 2.75. The molecule has 0 saturated carbocycles. The molecule has 0 radical (unpaired) electrons. The molecule has 5 heteroatoms. The molecule has 19 heavy (non-hydrogen) atoms. The molecule has 1 aromatic carbocycles. The summed E-state index contributed by atoms with van der Waals surface area (Å²) in [5.74, 6) is 0.120. The zero-order valence-electron chi connectivity index (χ0n) is 10.6. The molecule has 1 aromatic rings. The normalized spacial score (nSPS) is 16.4. The highest BCUT2D eigenvalue weighted by Gasteiger charge is 2.27. The SMILES string of the molecule is C=CSNC(C(=O)N1CCCC1)c1ccc(Cl)cc1. The Hall–Kier alpha value is -0.970. The van der Waals surface area contributed by atoms with Crippen LogP contribution in [-0.2, 0) is 4.79 Å². The maximum Gasteiger partial charge on any atom is 0.245 e. The second-order valence-corrected chi connectivity index (χ2v) is 5.66. The Bertz CT molecular complexity index is 443. The van der Waals surface area contributed by atoms with Crippen molar-refractivity contribution in [1.82, 2.24) is 9.62 Å². The lowest BCUT2D eigenvalue weighted by Gasteiger charge is -2.23. The van der Waals surface area contributed by atoms with Gasteiger partial charge in [0.1, 0.15) is 6.04 Å². The first-order chi connectivity index (χ1) is 9.22. The van der Waals surface area contributed by atoms with Crippen molar-refractivity contribution in [2.24, 2.45) is 0 Å². The quantitative estimate of drug-likeness (QED) is 0.846. The summed E-state index contributed by atoms with van der Waals surface area (Å²) in [5, 5.41) is 2.35. The van der Waals surface area contributed by atoms with Gasteiger partial charge in [0, 0.05) is 18.1 Å². The molecule has 0 aliphatic carbocycles. The van der Waals surface area contributed by atoms with Gasteiger partial charge in [-0.3, -0.25) is 4.79 Å².